The maximum absolute atomic E-state index is 11.3. The Morgan fingerprint density at radius 1 is 1.29 bits per heavy atom. The number of carbonyl (C=O) groups is 1. The molecule has 0 saturated heterocycles. The molecular weight excluding hydrogens is 268 g/mol. The van der Waals surface area contributed by atoms with Crippen molar-refractivity contribution in [1.29, 1.82) is 0 Å². The first-order chi connectivity index (χ1) is 10.0. The summed E-state index contributed by atoms with van der Waals surface area (Å²) >= 11 is 0. The van der Waals surface area contributed by atoms with Gasteiger partial charge in [-0.3, -0.25) is 4.79 Å². The molecule has 0 atom stereocenters. The van der Waals surface area contributed by atoms with Crippen molar-refractivity contribution in [1.82, 2.24) is 0 Å². The zero-order valence-electron chi connectivity index (χ0n) is 12.0. The molecule has 0 aliphatic carbocycles. The molecule has 5 nitrogen and oxygen atoms in total. The number of phenols is 1. The summed E-state index contributed by atoms with van der Waals surface area (Å²) in [5, 5.41) is 13.2. The smallest absolute Gasteiger partial charge is 0.249 e. The predicted octanol–water partition coefficient (Wildman–Crippen LogP) is 2.42. The number of benzene rings is 2. The van der Waals surface area contributed by atoms with Crippen molar-refractivity contribution in [3.8, 4) is 11.5 Å². The van der Waals surface area contributed by atoms with E-state index in [1.54, 1.807) is 24.3 Å². The molecule has 0 radical (unpaired) electrons. The van der Waals surface area contributed by atoms with Crippen LogP contribution >= 0.6 is 0 Å². The number of nitrogens with two attached hydrogens (primary N) is 1. The Hall–Kier alpha value is -2.69. The third-order valence-electron chi connectivity index (χ3n) is 3.37. The molecule has 0 heterocycles. The van der Waals surface area contributed by atoms with E-state index in [-0.39, 0.29) is 5.75 Å². The second-order valence-electron chi connectivity index (χ2n) is 4.66. The first-order valence-corrected chi connectivity index (χ1v) is 6.52. The Labute approximate surface area is 123 Å². The highest BCUT2D eigenvalue weighted by Gasteiger charge is 2.10. The maximum atomic E-state index is 11.3. The van der Waals surface area contributed by atoms with Crippen LogP contribution in [0.2, 0.25) is 0 Å². The van der Waals surface area contributed by atoms with Crippen molar-refractivity contribution in [2.24, 2.45) is 5.73 Å². The molecule has 0 aromatic heterocycles. The molecule has 2 aromatic carbocycles. The molecule has 0 spiro atoms. The minimum absolute atomic E-state index is 0.108. The van der Waals surface area contributed by atoms with E-state index in [2.05, 4.69) is 5.32 Å². The van der Waals surface area contributed by atoms with E-state index in [1.807, 2.05) is 19.1 Å². The maximum Gasteiger partial charge on any atom is 0.249 e. The Morgan fingerprint density at radius 3 is 2.67 bits per heavy atom. The van der Waals surface area contributed by atoms with Crippen LogP contribution in [0.3, 0.4) is 0 Å². The van der Waals surface area contributed by atoms with Gasteiger partial charge in [-0.1, -0.05) is 18.2 Å². The van der Waals surface area contributed by atoms with Gasteiger partial charge >= 0.3 is 0 Å². The van der Waals surface area contributed by atoms with Gasteiger partial charge in [-0.15, -0.1) is 0 Å². The van der Waals surface area contributed by atoms with E-state index >= 15 is 0 Å². The van der Waals surface area contributed by atoms with E-state index in [1.165, 1.54) is 7.11 Å². The number of carbonyl (C=O) groups excluding carboxylic acids is 1. The second-order valence-corrected chi connectivity index (χ2v) is 4.66. The van der Waals surface area contributed by atoms with Crippen LogP contribution in [0.25, 0.3) is 0 Å². The number of methoxy groups -OCH3 is 1. The normalized spacial score (nSPS) is 10.2. The molecule has 0 fully saturated rings. The van der Waals surface area contributed by atoms with Crippen LogP contribution in [0.1, 0.15) is 21.5 Å². The van der Waals surface area contributed by atoms with Crippen LogP contribution in [0.15, 0.2) is 36.4 Å². The lowest BCUT2D eigenvalue weighted by Gasteiger charge is -2.13. The van der Waals surface area contributed by atoms with Gasteiger partial charge in [0.2, 0.25) is 5.91 Å². The molecular formula is C16H18N2O3. The van der Waals surface area contributed by atoms with Gasteiger partial charge in [0, 0.05) is 23.4 Å². The Morgan fingerprint density at radius 2 is 2.00 bits per heavy atom. The number of para-hydroxylation sites is 1. The Kier molecular flexibility index (Phi) is 4.33. The largest absolute Gasteiger partial charge is 0.504 e. The van der Waals surface area contributed by atoms with Crippen LogP contribution < -0.4 is 15.8 Å². The van der Waals surface area contributed by atoms with Gasteiger partial charge in [0.05, 0.1) is 7.11 Å². The lowest BCUT2D eigenvalue weighted by Crippen LogP contribution is -2.14. The van der Waals surface area contributed by atoms with E-state index < -0.39 is 5.91 Å². The summed E-state index contributed by atoms with van der Waals surface area (Å²) in [4.78, 5) is 11.3. The van der Waals surface area contributed by atoms with Crippen molar-refractivity contribution < 1.29 is 14.6 Å². The summed E-state index contributed by atoms with van der Waals surface area (Å²) in [6, 6.07) is 10.6. The van der Waals surface area contributed by atoms with Gasteiger partial charge in [0.25, 0.3) is 0 Å². The van der Waals surface area contributed by atoms with Crippen LogP contribution in [0.5, 0.6) is 11.5 Å². The number of hydrogen-bond donors (Lipinski definition) is 3. The fourth-order valence-electron chi connectivity index (χ4n) is 2.16. The number of phenolic OH excluding ortho intramolecular Hbond substituents is 1. The Balaban J connectivity index is 2.21. The third-order valence-corrected chi connectivity index (χ3v) is 3.37. The minimum Gasteiger partial charge on any atom is -0.504 e. The summed E-state index contributed by atoms with van der Waals surface area (Å²) in [5.41, 5.74) is 8.10. The third kappa shape index (κ3) is 3.08. The predicted molar refractivity (Wildman–Crippen MR) is 81.7 cm³/mol. The van der Waals surface area contributed by atoms with Crippen molar-refractivity contribution in [2.45, 2.75) is 13.5 Å². The number of rotatable bonds is 5. The molecule has 110 valence electrons. The van der Waals surface area contributed by atoms with Gasteiger partial charge < -0.3 is 20.9 Å². The van der Waals surface area contributed by atoms with Gasteiger partial charge in [-0.05, 0) is 30.7 Å². The lowest BCUT2D eigenvalue weighted by molar-refractivity contribution is 0.1000. The van der Waals surface area contributed by atoms with Crippen molar-refractivity contribution >= 4 is 11.6 Å². The van der Waals surface area contributed by atoms with Crippen LogP contribution in [-0.4, -0.2) is 18.1 Å². The van der Waals surface area contributed by atoms with Gasteiger partial charge in [-0.25, -0.2) is 0 Å². The first-order valence-electron chi connectivity index (χ1n) is 6.52. The summed E-state index contributed by atoms with van der Waals surface area (Å²) in [6.45, 7) is 2.24. The molecule has 0 saturated carbocycles. The number of nitrogens with one attached hydrogen (secondary N) is 1. The SMILES string of the molecule is COc1cccc(CNc2cccc(C(N)=O)c2C)c1O. The van der Waals surface area contributed by atoms with Crippen molar-refractivity contribution in [3.63, 3.8) is 0 Å². The molecule has 21 heavy (non-hydrogen) atoms. The number of primary amides is 1. The number of hydrogen-bond acceptors (Lipinski definition) is 4. The zero-order valence-corrected chi connectivity index (χ0v) is 12.0. The molecule has 1 amide bonds. The highest BCUT2D eigenvalue weighted by Crippen LogP contribution is 2.30. The fourth-order valence-corrected chi connectivity index (χ4v) is 2.16. The molecule has 0 bridgehead atoms. The fraction of sp³-hybridized carbons (Fsp3) is 0.188. The molecule has 2 aromatic rings. The molecule has 0 unspecified atom stereocenters. The Bertz CT molecular complexity index is 669. The average molecular weight is 286 g/mol. The van der Waals surface area contributed by atoms with Gasteiger partial charge in [-0.2, -0.15) is 0 Å². The summed E-state index contributed by atoms with van der Waals surface area (Å²) in [7, 11) is 1.51. The van der Waals surface area contributed by atoms with Crippen LogP contribution in [0.4, 0.5) is 5.69 Å². The monoisotopic (exact) mass is 286 g/mol. The molecule has 4 N–H and O–H groups in total. The standard InChI is InChI=1S/C16H18N2O3/c1-10-12(16(17)20)6-4-7-13(10)18-9-11-5-3-8-14(21-2)15(11)19/h3-8,18-19H,9H2,1-2H3,(H2,17,20). The summed E-state index contributed by atoms with van der Waals surface area (Å²) < 4.78 is 5.07. The molecule has 0 aliphatic rings. The van der Waals surface area contributed by atoms with Crippen molar-refractivity contribution in [3.05, 3.63) is 53.1 Å². The number of anilines is 1. The highest BCUT2D eigenvalue weighted by molar-refractivity contribution is 5.95. The number of aromatic hydroxyl groups is 1. The molecule has 0 aliphatic heterocycles. The van der Waals surface area contributed by atoms with E-state index in [0.29, 0.717) is 23.4 Å². The number of amides is 1. The van der Waals surface area contributed by atoms with E-state index in [0.717, 1.165) is 11.3 Å². The average Bonchev–Trinajstić information content (AvgIpc) is 2.47. The highest BCUT2D eigenvalue weighted by atomic mass is 16.5. The van der Waals surface area contributed by atoms with Gasteiger partial charge in [0.1, 0.15) is 0 Å². The van der Waals surface area contributed by atoms with Crippen LogP contribution in [0, 0.1) is 6.92 Å². The topological polar surface area (TPSA) is 84.6 Å². The zero-order chi connectivity index (χ0) is 15.4. The minimum atomic E-state index is -0.458. The summed E-state index contributed by atoms with van der Waals surface area (Å²) in [6.07, 6.45) is 0. The first kappa shape index (κ1) is 14.7. The second kappa shape index (κ2) is 6.17. The molecule has 2 rings (SSSR count). The number of ether oxygens (including phenoxy) is 1. The lowest BCUT2D eigenvalue weighted by atomic mass is 10.1. The van der Waals surface area contributed by atoms with Gasteiger partial charge in [0.15, 0.2) is 11.5 Å². The van der Waals surface area contributed by atoms with Crippen LogP contribution in [-0.2, 0) is 6.54 Å². The van der Waals surface area contributed by atoms with E-state index in [9.17, 15) is 9.90 Å². The van der Waals surface area contributed by atoms with E-state index in [4.69, 9.17) is 10.5 Å². The summed E-state index contributed by atoms with van der Waals surface area (Å²) in [5.74, 6) is 0.0773. The van der Waals surface area contributed by atoms with Crippen molar-refractivity contribution in [2.75, 3.05) is 12.4 Å². The quantitative estimate of drug-likeness (QED) is 0.788. The molecule has 5 heteroatoms.